The number of benzene rings is 2. The summed E-state index contributed by atoms with van der Waals surface area (Å²) in [5.41, 5.74) is 9.42. The van der Waals surface area contributed by atoms with E-state index in [9.17, 15) is 4.39 Å². The first-order valence-electron chi connectivity index (χ1n) is 8.09. The van der Waals surface area contributed by atoms with Crippen LogP contribution in [0, 0.1) is 5.82 Å². The summed E-state index contributed by atoms with van der Waals surface area (Å²) in [6.45, 7) is 2.05. The van der Waals surface area contributed by atoms with Gasteiger partial charge in [-0.25, -0.2) is 4.39 Å². The molecule has 1 aliphatic rings. The smallest absolute Gasteiger partial charge is 0.161 e. The van der Waals surface area contributed by atoms with Gasteiger partial charge in [0.1, 0.15) is 5.82 Å². The normalized spacial score (nSPS) is 17.4. The molecule has 3 rings (SSSR count). The van der Waals surface area contributed by atoms with Crippen LogP contribution in [0.15, 0.2) is 36.4 Å². The van der Waals surface area contributed by atoms with Gasteiger partial charge in [0.15, 0.2) is 11.5 Å². The maximum atomic E-state index is 13.4. The Balaban J connectivity index is 1.91. The monoisotopic (exact) mass is 330 g/mol. The van der Waals surface area contributed by atoms with E-state index in [4.69, 9.17) is 15.2 Å². The third-order valence-corrected chi connectivity index (χ3v) is 4.61. The summed E-state index contributed by atoms with van der Waals surface area (Å²) in [4.78, 5) is 2.29. The molecule has 5 heteroatoms. The Bertz CT molecular complexity index is 721. The summed E-state index contributed by atoms with van der Waals surface area (Å²) in [5.74, 6) is 1.24. The molecule has 2 aromatic rings. The van der Waals surface area contributed by atoms with Gasteiger partial charge in [0.2, 0.25) is 0 Å². The minimum atomic E-state index is -0.208. The molecule has 1 heterocycles. The Morgan fingerprint density at radius 3 is 2.58 bits per heavy atom. The van der Waals surface area contributed by atoms with Crippen LogP contribution in [0.5, 0.6) is 11.5 Å². The quantitative estimate of drug-likeness (QED) is 0.916. The molecule has 0 amide bonds. The van der Waals surface area contributed by atoms with Crippen LogP contribution in [0.2, 0.25) is 0 Å². The van der Waals surface area contributed by atoms with Crippen molar-refractivity contribution in [3.05, 3.63) is 58.9 Å². The highest BCUT2D eigenvalue weighted by Gasteiger charge is 2.28. The van der Waals surface area contributed by atoms with E-state index in [0.717, 1.165) is 29.8 Å². The van der Waals surface area contributed by atoms with E-state index in [-0.39, 0.29) is 11.9 Å². The third kappa shape index (κ3) is 3.23. The zero-order valence-corrected chi connectivity index (χ0v) is 14.1. The Morgan fingerprint density at radius 1 is 1.17 bits per heavy atom. The lowest BCUT2D eigenvalue weighted by Gasteiger charge is -2.37. The lowest BCUT2D eigenvalue weighted by atomic mass is 9.91. The first kappa shape index (κ1) is 16.7. The van der Waals surface area contributed by atoms with E-state index in [0.29, 0.717) is 18.8 Å². The maximum Gasteiger partial charge on any atom is 0.161 e. The van der Waals surface area contributed by atoms with E-state index in [1.54, 1.807) is 26.4 Å². The molecule has 128 valence electrons. The predicted molar refractivity (Wildman–Crippen MR) is 91.9 cm³/mol. The van der Waals surface area contributed by atoms with Gasteiger partial charge in [-0.05, 0) is 47.4 Å². The highest BCUT2D eigenvalue weighted by Crippen LogP contribution is 2.38. The van der Waals surface area contributed by atoms with Crippen molar-refractivity contribution in [1.82, 2.24) is 4.90 Å². The predicted octanol–water partition coefficient (Wildman–Crippen LogP) is 2.90. The molecular weight excluding hydrogens is 307 g/mol. The van der Waals surface area contributed by atoms with Crippen LogP contribution in [-0.2, 0) is 13.0 Å². The zero-order chi connectivity index (χ0) is 17.1. The van der Waals surface area contributed by atoms with Gasteiger partial charge < -0.3 is 15.2 Å². The molecule has 0 bridgehead atoms. The van der Waals surface area contributed by atoms with Crippen LogP contribution in [0.25, 0.3) is 0 Å². The largest absolute Gasteiger partial charge is 0.493 e. The van der Waals surface area contributed by atoms with Crippen molar-refractivity contribution in [2.75, 3.05) is 27.3 Å². The minimum Gasteiger partial charge on any atom is -0.493 e. The van der Waals surface area contributed by atoms with Crippen LogP contribution in [0.3, 0.4) is 0 Å². The fourth-order valence-corrected chi connectivity index (χ4v) is 3.42. The summed E-state index contributed by atoms with van der Waals surface area (Å²) in [7, 11) is 3.28. The fourth-order valence-electron chi connectivity index (χ4n) is 3.42. The highest BCUT2D eigenvalue weighted by atomic mass is 19.1. The number of halogens is 1. The lowest BCUT2D eigenvalue weighted by molar-refractivity contribution is 0.180. The average molecular weight is 330 g/mol. The van der Waals surface area contributed by atoms with Gasteiger partial charge in [0.05, 0.1) is 14.2 Å². The minimum absolute atomic E-state index is 0.0804. The van der Waals surface area contributed by atoms with Crippen molar-refractivity contribution in [1.29, 1.82) is 0 Å². The fraction of sp³-hybridized carbons (Fsp3) is 0.368. The van der Waals surface area contributed by atoms with Crippen molar-refractivity contribution >= 4 is 0 Å². The maximum absolute atomic E-state index is 13.4. The molecule has 0 unspecified atom stereocenters. The van der Waals surface area contributed by atoms with Crippen molar-refractivity contribution in [2.24, 2.45) is 5.73 Å². The molecule has 24 heavy (non-hydrogen) atoms. The molecule has 0 aromatic heterocycles. The second-order valence-electron chi connectivity index (χ2n) is 6.01. The number of fused-ring (bicyclic) bond motifs is 1. The van der Waals surface area contributed by atoms with Gasteiger partial charge >= 0.3 is 0 Å². The summed E-state index contributed by atoms with van der Waals surface area (Å²) in [6, 6.07) is 10.9. The molecule has 1 atom stereocenters. The van der Waals surface area contributed by atoms with Crippen LogP contribution >= 0.6 is 0 Å². The third-order valence-electron chi connectivity index (χ3n) is 4.61. The standard InChI is InChI=1S/C19H23FN2O2/c1-23-18-9-14-6-7-22(12-13-4-3-5-15(20)8-13)17(11-21)16(14)10-19(18)24-2/h3-5,8-10,17H,6-7,11-12,21H2,1-2H3/t17-/m0/s1. The molecule has 0 spiro atoms. The highest BCUT2D eigenvalue weighted by molar-refractivity contribution is 5.49. The van der Waals surface area contributed by atoms with Crippen molar-refractivity contribution in [2.45, 2.75) is 19.0 Å². The first-order chi connectivity index (χ1) is 11.7. The zero-order valence-electron chi connectivity index (χ0n) is 14.1. The molecule has 0 saturated carbocycles. The molecule has 0 radical (unpaired) electrons. The Hall–Kier alpha value is -2.11. The number of ether oxygens (including phenoxy) is 2. The summed E-state index contributed by atoms with van der Waals surface area (Å²) >= 11 is 0. The second-order valence-corrected chi connectivity index (χ2v) is 6.01. The van der Waals surface area contributed by atoms with Crippen molar-refractivity contribution < 1.29 is 13.9 Å². The van der Waals surface area contributed by atoms with Crippen molar-refractivity contribution in [3.8, 4) is 11.5 Å². The van der Waals surface area contributed by atoms with Gasteiger partial charge in [0, 0.05) is 25.7 Å². The summed E-state index contributed by atoms with van der Waals surface area (Å²) < 4.78 is 24.3. The van der Waals surface area contributed by atoms with E-state index in [2.05, 4.69) is 4.90 Å². The summed E-state index contributed by atoms with van der Waals surface area (Å²) in [5, 5.41) is 0. The summed E-state index contributed by atoms with van der Waals surface area (Å²) in [6.07, 6.45) is 0.904. The molecule has 0 fully saturated rings. The van der Waals surface area contributed by atoms with Gasteiger partial charge in [-0.2, -0.15) is 0 Å². The van der Waals surface area contributed by atoms with E-state index < -0.39 is 0 Å². The lowest BCUT2D eigenvalue weighted by Crippen LogP contribution is -2.38. The first-order valence-corrected chi connectivity index (χ1v) is 8.09. The van der Waals surface area contributed by atoms with Gasteiger partial charge in [-0.15, -0.1) is 0 Å². The number of methoxy groups -OCH3 is 2. The van der Waals surface area contributed by atoms with Crippen LogP contribution in [0.4, 0.5) is 4.39 Å². The van der Waals surface area contributed by atoms with Crippen LogP contribution in [-0.4, -0.2) is 32.2 Å². The molecular formula is C19H23FN2O2. The molecule has 2 N–H and O–H groups in total. The number of hydrogen-bond acceptors (Lipinski definition) is 4. The van der Waals surface area contributed by atoms with Gasteiger partial charge in [0.25, 0.3) is 0 Å². The molecule has 2 aromatic carbocycles. The van der Waals surface area contributed by atoms with Crippen molar-refractivity contribution in [3.63, 3.8) is 0 Å². The van der Waals surface area contributed by atoms with Crippen LogP contribution < -0.4 is 15.2 Å². The number of rotatable bonds is 5. The SMILES string of the molecule is COc1cc2c(cc1OC)[C@H](CN)N(Cc1cccc(F)c1)CC2. The Morgan fingerprint density at radius 2 is 1.92 bits per heavy atom. The molecule has 1 aliphatic heterocycles. The van der Waals surface area contributed by atoms with Gasteiger partial charge in [-0.1, -0.05) is 12.1 Å². The van der Waals surface area contributed by atoms with Crippen LogP contribution in [0.1, 0.15) is 22.7 Å². The molecule has 0 saturated heterocycles. The number of hydrogen-bond donors (Lipinski definition) is 1. The average Bonchev–Trinajstić information content (AvgIpc) is 2.60. The Kier molecular flexibility index (Phi) is 5.02. The van der Waals surface area contributed by atoms with E-state index >= 15 is 0 Å². The topological polar surface area (TPSA) is 47.7 Å². The second kappa shape index (κ2) is 7.20. The molecule has 4 nitrogen and oxygen atoms in total. The van der Waals surface area contributed by atoms with E-state index in [1.165, 1.54) is 11.6 Å². The molecule has 0 aliphatic carbocycles. The Labute approximate surface area is 142 Å². The number of nitrogens with zero attached hydrogens (tertiary/aromatic N) is 1. The number of nitrogens with two attached hydrogens (primary N) is 1. The van der Waals surface area contributed by atoms with E-state index in [1.807, 2.05) is 18.2 Å². The van der Waals surface area contributed by atoms with Gasteiger partial charge in [-0.3, -0.25) is 4.90 Å².